The summed E-state index contributed by atoms with van der Waals surface area (Å²) >= 11 is 0. The Morgan fingerprint density at radius 3 is 2.57 bits per heavy atom. The summed E-state index contributed by atoms with van der Waals surface area (Å²) in [5.74, 6) is -0.325. The highest BCUT2D eigenvalue weighted by atomic mass is 16.5. The fourth-order valence-electron chi connectivity index (χ4n) is 2.07. The lowest BCUT2D eigenvalue weighted by Gasteiger charge is -2.17. The van der Waals surface area contributed by atoms with Gasteiger partial charge < -0.3 is 25.0 Å². The van der Waals surface area contributed by atoms with Gasteiger partial charge in [-0.2, -0.15) is 0 Å². The number of aliphatic carboxylic acids is 1. The Balaban J connectivity index is 2.48. The standard InChI is InChI=1S/C13H21N3O5/c1-7(12-8(2)16-21-9(12)3)15-13(19)14-6-10(20-4)5-11(17)18/h7,10H,5-6H2,1-4H3,(H,17,18)(H2,14,15,19). The second-order valence-corrected chi connectivity index (χ2v) is 4.77. The SMILES string of the molecule is COC(CNC(=O)NC(C)c1c(C)noc1C)CC(=O)O. The topological polar surface area (TPSA) is 114 Å². The van der Waals surface area contributed by atoms with E-state index in [1.807, 2.05) is 6.92 Å². The molecule has 0 saturated heterocycles. The number of aryl methyl sites for hydroxylation is 2. The highest BCUT2D eigenvalue weighted by molar-refractivity contribution is 5.74. The Morgan fingerprint density at radius 1 is 1.43 bits per heavy atom. The number of carbonyl (C=O) groups is 2. The van der Waals surface area contributed by atoms with E-state index in [1.54, 1.807) is 13.8 Å². The molecule has 3 N–H and O–H groups in total. The van der Waals surface area contributed by atoms with Crippen LogP contribution >= 0.6 is 0 Å². The van der Waals surface area contributed by atoms with Crippen LogP contribution in [0.1, 0.15) is 36.4 Å². The van der Waals surface area contributed by atoms with Crippen molar-refractivity contribution >= 4 is 12.0 Å². The van der Waals surface area contributed by atoms with Gasteiger partial charge in [0.05, 0.1) is 24.3 Å². The van der Waals surface area contributed by atoms with Crippen molar-refractivity contribution in [2.24, 2.45) is 0 Å². The summed E-state index contributed by atoms with van der Waals surface area (Å²) < 4.78 is 10.0. The van der Waals surface area contributed by atoms with E-state index >= 15 is 0 Å². The van der Waals surface area contributed by atoms with Crippen molar-refractivity contribution in [1.82, 2.24) is 15.8 Å². The van der Waals surface area contributed by atoms with Crippen LogP contribution in [0.5, 0.6) is 0 Å². The predicted octanol–water partition coefficient (Wildman–Crippen LogP) is 1.14. The summed E-state index contributed by atoms with van der Waals surface area (Å²) in [4.78, 5) is 22.4. The number of carbonyl (C=O) groups excluding carboxylic acids is 1. The van der Waals surface area contributed by atoms with Crippen LogP contribution in [0, 0.1) is 13.8 Å². The molecular weight excluding hydrogens is 278 g/mol. The maximum absolute atomic E-state index is 11.8. The van der Waals surface area contributed by atoms with Crippen LogP contribution in [0.2, 0.25) is 0 Å². The van der Waals surface area contributed by atoms with Crippen molar-refractivity contribution in [3.05, 3.63) is 17.0 Å². The van der Waals surface area contributed by atoms with Crippen LogP contribution in [0.15, 0.2) is 4.52 Å². The average Bonchev–Trinajstić information content (AvgIpc) is 2.73. The van der Waals surface area contributed by atoms with E-state index in [4.69, 9.17) is 14.4 Å². The van der Waals surface area contributed by atoms with Gasteiger partial charge in [-0.1, -0.05) is 5.16 Å². The monoisotopic (exact) mass is 299 g/mol. The van der Waals surface area contributed by atoms with Gasteiger partial charge in [-0.25, -0.2) is 4.79 Å². The first-order valence-corrected chi connectivity index (χ1v) is 6.56. The highest BCUT2D eigenvalue weighted by Gasteiger charge is 2.19. The van der Waals surface area contributed by atoms with Crippen LogP contribution in [0.25, 0.3) is 0 Å². The molecule has 0 radical (unpaired) electrons. The zero-order valence-corrected chi connectivity index (χ0v) is 12.6. The van der Waals surface area contributed by atoms with Gasteiger partial charge >= 0.3 is 12.0 Å². The molecule has 1 rings (SSSR count). The molecule has 8 nitrogen and oxygen atoms in total. The van der Waals surface area contributed by atoms with E-state index in [1.165, 1.54) is 7.11 Å². The molecule has 0 bridgehead atoms. The maximum atomic E-state index is 11.8. The van der Waals surface area contributed by atoms with Gasteiger partial charge in [0, 0.05) is 19.2 Å². The lowest BCUT2D eigenvalue weighted by Crippen LogP contribution is -2.41. The Labute approximate surface area is 122 Å². The number of aromatic nitrogens is 1. The molecule has 118 valence electrons. The normalized spacial score (nSPS) is 13.5. The number of hydrogen-bond acceptors (Lipinski definition) is 5. The zero-order valence-electron chi connectivity index (χ0n) is 12.6. The number of amides is 2. The molecule has 0 aliphatic heterocycles. The van der Waals surface area contributed by atoms with Crippen LogP contribution in [-0.2, 0) is 9.53 Å². The molecule has 2 amide bonds. The molecule has 0 aliphatic carbocycles. The van der Waals surface area contributed by atoms with Crippen LogP contribution in [-0.4, -0.2) is 42.0 Å². The predicted molar refractivity (Wildman–Crippen MR) is 74.0 cm³/mol. The van der Waals surface area contributed by atoms with Gasteiger partial charge in [0.15, 0.2) is 0 Å². The van der Waals surface area contributed by atoms with E-state index in [-0.39, 0.29) is 19.0 Å². The minimum atomic E-state index is -0.979. The van der Waals surface area contributed by atoms with Crippen LogP contribution in [0.4, 0.5) is 4.79 Å². The number of hydrogen-bond donors (Lipinski definition) is 3. The summed E-state index contributed by atoms with van der Waals surface area (Å²) in [6.07, 6.45) is -0.737. The van der Waals surface area contributed by atoms with E-state index in [0.717, 1.165) is 11.3 Å². The lowest BCUT2D eigenvalue weighted by atomic mass is 10.1. The molecule has 2 atom stereocenters. The molecular formula is C13H21N3O5. The van der Waals surface area contributed by atoms with E-state index in [0.29, 0.717) is 5.76 Å². The fraction of sp³-hybridized carbons (Fsp3) is 0.615. The summed E-state index contributed by atoms with van der Waals surface area (Å²) in [7, 11) is 1.40. The minimum absolute atomic E-state index is 0.114. The Bertz CT molecular complexity index is 480. The summed E-state index contributed by atoms with van der Waals surface area (Å²) in [6.45, 7) is 5.51. The highest BCUT2D eigenvalue weighted by Crippen LogP contribution is 2.20. The van der Waals surface area contributed by atoms with Gasteiger partial charge in [0.2, 0.25) is 0 Å². The molecule has 1 aromatic rings. The third-order valence-corrected chi connectivity index (χ3v) is 3.10. The van der Waals surface area contributed by atoms with Gasteiger partial charge in [-0.05, 0) is 20.8 Å². The number of rotatable bonds is 7. The molecule has 21 heavy (non-hydrogen) atoms. The first-order chi connectivity index (χ1) is 9.85. The molecule has 0 spiro atoms. The third kappa shape index (κ3) is 5.07. The van der Waals surface area contributed by atoms with E-state index < -0.39 is 18.1 Å². The van der Waals surface area contributed by atoms with Crippen molar-refractivity contribution in [2.45, 2.75) is 39.3 Å². The van der Waals surface area contributed by atoms with Crippen molar-refractivity contribution < 1.29 is 24.0 Å². The lowest BCUT2D eigenvalue weighted by molar-refractivity contribution is -0.139. The molecule has 1 aromatic heterocycles. The number of methoxy groups -OCH3 is 1. The zero-order chi connectivity index (χ0) is 16.0. The molecule has 8 heteroatoms. The smallest absolute Gasteiger partial charge is 0.315 e. The molecule has 0 saturated carbocycles. The van der Waals surface area contributed by atoms with Gasteiger partial charge in [0.25, 0.3) is 0 Å². The quantitative estimate of drug-likeness (QED) is 0.695. The summed E-state index contributed by atoms with van der Waals surface area (Å²) in [5.41, 5.74) is 1.56. The average molecular weight is 299 g/mol. The second kappa shape index (κ2) is 7.63. The Morgan fingerprint density at radius 2 is 2.10 bits per heavy atom. The Hall–Kier alpha value is -2.09. The first kappa shape index (κ1) is 17.0. The molecule has 1 heterocycles. The van der Waals surface area contributed by atoms with Crippen LogP contribution < -0.4 is 10.6 Å². The van der Waals surface area contributed by atoms with Gasteiger partial charge in [0.1, 0.15) is 5.76 Å². The van der Waals surface area contributed by atoms with Crippen LogP contribution in [0.3, 0.4) is 0 Å². The molecule has 2 unspecified atom stereocenters. The number of ether oxygens (including phenoxy) is 1. The maximum Gasteiger partial charge on any atom is 0.315 e. The fourth-order valence-corrected chi connectivity index (χ4v) is 2.07. The van der Waals surface area contributed by atoms with Crippen molar-refractivity contribution in [2.75, 3.05) is 13.7 Å². The second-order valence-electron chi connectivity index (χ2n) is 4.77. The minimum Gasteiger partial charge on any atom is -0.481 e. The molecule has 0 aromatic carbocycles. The summed E-state index contributed by atoms with van der Waals surface area (Å²) in [5, 5.41) is 17.8. The van der Waals surface area contributed by atoms with Crippen molar-refractivity contribution in [1.29, 1.82) is 0 Å². The number of nitrogens with one attached hydrogen (secondary N) is 2. The number of carboxylic acids is 1. The van der Waals surface area contributed by atoms with Crippen molar-refractivity contribution in [3.8, 4) is 0 Å². The number of nitrogens with zero attached hydrogens (tertiary/aromatic N) is 1. The number of carboxylic acid groups (broad SMARTS) is 1. The van der Waals surface area contributed by atoms with Crippen molar-refractivity contribution in [3.63, 3.8) is 0 Å². The Kier molecular flexibility index (Phi) is 6.16. The van der Waals surface area contributed by atoms with E-state index in [2.05, 4.69) is 15.8 Å². The van der Waals surface area contributed by atoms with Gasteiger partial charge in [-0.3, -0.25) is 4.79 Å². The number of urea groups is 1. The molecule has 0 fully saturated rings. The molecule has 0 aliphatic rings. The summed E-state index contributed by atoms with van der Waals surface area (Å²) in [6, 6.07) is -0.674. The van der Waals surface area contributed by atoms with Gasteiger partial charge in [-0.15, -0.1) is 0 Å². The largest absolute Gasteiger partial charge is 0.481 e. The first-order valence-electron chi connectivity index (χ1n) is 6.56. The van der Waals surface area contributed by atoms with E-state index in [9.17, 15) is 9.59 Å². The third-order valence-electron chi connectivity index (χ3n) is 3.10.